The number of hydrogen-bond acceptors (Lipinski definition) is 4. The van der Waals surface area contributed by atoms with Crippen molar-refractivity contribution in [2.24, 2.45) is 0 Å². The van der Waals surface area contributed by atoms with E-state index in [9.17, 15) is 0 Å². The summed E-state index contributed by atoms with van der Waals surface area (Å²) in [6.07, 6.45) is 0.673. The van der Waals surface area contributed by atoms with Crippen LogP contribution in [-0.2, 0) is 6.42 Å². The second-order valence-corrected chi connectivity index (χ2v) is 7.28. The smallest absolute Gasteiger partial charge is 0.155 e. The molecular formula is C17H12Cl3N3S. The van der Waals surface area contributed by atoms with Gasteiger partial charge in [0.2, 0.25) is 0 Å². The van der Waals surface area contributed by atoms with E-state index in [4.69, 9.17) is 40.5 Å². The highest BCUT2D eigenvalue weighted by Crippen LogP contribution is 2.39. The van der Waals surface area contributed by atoms with Crippen molar-refractivity contribution in [1.82, 2.24) is 10.2 Å². The molecule has 0 amide bonds. The summed E-state index contributed by atoms with van der Waals surface area (Å²) < 4.78 is 0. The van der Waals surface area contributed by atoms with Crippen molar-refractivity contribution in [2.75, 3.05) is 5.73 Å². The van der Waals surface area contributed by atoms with Crippen LogP contribution in [-0.4, -0.2) is 10.2 Å². The topological polar surface area (TPSA) is 51.8 Å². The van der Waals surface area contributed by atoms with Crippen LogP contribution in [0.4, 0.5) is 5.69 Å². The molecule has 0 unspecified atom stereocenters. The molecule has 0 saturated heterocycles. The predicted octanol–water partition coefficient (Wildman–Crippen LogP) is 5.76. The normalized spacial score (nSPS) is 10.8. The molecule has 7 heteroatoms. The van der Waals surface area contributed by atoms with Gasteiger partial charge >= 0.3 is 0 Å². The first kappa shape index (κ1) is 17.4. The van der Waals surface area contributed by atoms with E-state index in [1.54, 1.807) is 12.1 Å². The lowest BCUT2D eigenvalue weighted by Gasteiger charge is -2.09. The van der Waals surface area contributed by atoms with Gasteiger partial charge in [0.15, 0.2) is 5.15 Å². The molecule has 0 aliphatic rings. The van der Waals surface area contributed by atoms with Gasteiger partial charge in [-0.15, -0.1) is 10.2 Å². The average Bonchev–Trinajstić information content (AvgIpc) is 2.55. The Morgan fingerprint density at radius 3 is 2.25 bits per heavy atom. The van der Waals surface area contributed by atoms with Gasteiger partial charge in [-0.2, -0.15) is 0 Å². The third-order valence-electron chi connectivity index (χ3n) is 3.26. The summed E-state index contributed by atoms with van der Waals surface area (Å²) >= 11 is 20.0. The van der Waals surface area contributed by atoms with Crippen molar-refractivity contribution in [2.45, 2.75) is 16.3 Å². The number of anilines is 1. The molecular weight excluding hydrogens is 385 g/mol. The van der Waals surface area contributed by atoms with Gasteiger partial charge in [-0.25, -0.2) is 0 Å². The maximum absolute atomic E-state index is 6.23. The van der Waals surface area contributed by atoms with E-state index >= 15 is 0 Å². The molecule has 2 N–H and O–H groups in total. The molecule has 3 aromatic rings. The minimum Gasteiger partial charge on any atom is -0.399 e. The van der Waals surface area contributed by atoms with E-state index in [-0.39, 0.29) is 0 Å². The van der Waals surface area contributed by atoms with Crippen molar-refractivity contribution in [3.63, 3.8) is 0 Å². The Morgan fingerprint density at radius 1 is 0.917 bits per heavy atom. The van der Waals surface area contributed by atoms with Crippen LogP contribution in [0.1, 0.15) is 11.1 Å². The largest absolute Gasteiger partial charge is 0.399 e. The van der Waals surface area contributed by atoms with Crippen molar-refractivity contribution in [1.29, 1.82) is 0 Å². The first-order chi connectivity index (χ1) is 11.5. The Labute approximate surface area is 159 Å². The molecule has 0 atom stereocenters. The minimum absolute atomic E-state index is 0.387. The fraction of sp³-hybridized carbons (Fsp3) is 0.0588. The predicted molar refractivity (Wildman–Crippen MR) is 101 cm³/mol. The molecule has 0 aliphatic carbocycles. The Kier molecular flexibility index (Phi) is 5.51. The van der Waals surface area contributed by atoms with E-state index in [1.165, 1.54) is 11.8 Å². The van der Waals surface area contributed by atoms with Gasteiger partial charge in [0.25, 0.3) is 0 Å². The van der Waals surface area contributed by atoms with Crippen LogP contribution in [0.2, 0.25) is 15.2 Å². The van der Waals surface area contributed by atoms with Gasteiger partial charge in [0, 0.05) is 12.1 Å². The van der Waals surface area contributed by atoms with Crippen molar-refractivity contribution < 1.29 is 0 Å². The molecule has 1 aromatic heterocycles. The zero-order chi connectivity index (χ0) is 17.1. The maximum Gasteiger partial charge on any atom is 0.155 e. The number of hydrogen-bond donors (Lipinski definition) is 1. The molecule has 0 spiro atoms. The van der Waals surface area contributed by atoms with E-state index in [0.29, 0.717) is 37.2 Å². The number of nitrogens with zero attached hydrogens (tertiary/aromatic N) is 2. The zero-order valence-corrected chi connectivity index (χ0v) is 15.4. The highest BCUT2D eigenvalue weighted by atomic mass is 35.5. The molecule has 0 fully saturated rings. The molecule has 2 aromatic carbocycles. The number of halogens is 3. The van der Waals surface area contributed by atoms with Gasteiger partial charge in [0.1, 0.15) is 5.03 Å². The first-order valence-electron chi connectivity index (χ1n) is 7.01. The molecule has 0 aliphatic heterocycles. The molecule has 0 bridgehead atoms. The Morgan fingerprint density at radius 2 is 1.58 bits per heavy atom. The monoisotopic (exact) mass is 395 g/mol. The summed E-state index contributed by atoms with van der Waals surface area (Å²) in [5.41, 5.74) is 8.28. The lowest BCUT2D eigenvalue weighted by Crippen LogP contribution is -1.96. The summed E-state index contributed by atoms with van der Waals surface area (Å²) in [6, 6.07) is 15.2. The lowest BCUT2D eigenvalue weighted by atomic mass is 10.1. The van der Waals surface area contributed by atoms with E-state index in [2.05, 4.69) is 10.2 Å². The molecule has 3 rings (SSSR count). The second-order valence-electron chi connectivity index (χ2n) is 5.08. The Balaban J connectivity index is 1.89. The van der Waals surface area contributed by atoms with Crippen LogP contribution in [0.15, 0.2) is 58.5 Å². The van der Waals surface area contributed by atoms with E-state index in [0.717, 1.165) is 11.1 Å². The molecule has 0 saturated carbocycles. The fourth-order valence-corrected chi connectivity index (χ4v) is 3.87. The summed E-state index contributed by atoms with van der Waals surface area (Å²) in [5.74, 6) is 0. The van der Waals surface area contributed by atoms with Gasteiger partial charge in [0.05, 0.1) is 14.9 Å². The summed E-state index contributed by atoms with van der Waals surface area (Å²) in [4.78, 5) is 0.690. The lowest BCUT2D eigenvalue weighted by molar-refractivity contribution is 0.905. The maximum atomic E-state index is 6.23. The number of nitrogen functional groups attached to an aromatic ring is 1. The van der Waals surface area contributed by atoms with Crippen molar-refractivity contribution >= 4 is 52.3 Å². The second kappa shape index (κ2) is 7.62. The van der Waals surface area contributed by atoms with Crippen LogP contribution in [0.3, 0.4) is 0 Å². The fourth-order valence-electron chi connectivity index (χ4n) is 2.17. The highest BCUT2D eigenvalue weighted by Gasteiger charge is 2.13. The number of benzene rings is 2. The third-order valence-corrected chi connectivity index (χ3v) is 5.45. The standard InChI is InChI=1S/C17H12Cl3N3S/c18-13-8-12(21)9-14(19)16(13)24-15-7-11(17(20)23-22-15)6-10-4-2-1-3-5-10/h1-5,7-9H,6,21H2. The SMILES string of the molecule is Nc1cc(Cl)c(Sc2cc(Cc3ccccc3)c(Cl)nn2)c(Cl)c1. The molecule has 0 radical (unpaired) electrons. The van der Waals surface area contributed by atoms with Crippen LogP contribution in [0.25, 0.3) is 0 Å². The summed E-state index contributed by atoms with van der Waals surface area (Å²) in [7, 11) is 0. The van der Waals surface area contributed by atoms with Crippen molar-refractivity contribution in [3.05, 3.63) is 74.9 Å². The van der Waals surface area contributed by atoms with Crippen LogP contribution in [0, 0.1) is 0 Å². The van der Waals surface area contributed by atoms with Gasteiger partial charge < -0.3 is 5.73 Å². The zero-order valence-electron chi connectivity index (χ0n) is 12.3. The van der Waals surface area contributed by atoms with Gasteiger partial charge in [-0.1, -0.05) is 76.9 Å². The number of rotatable bonds is 4. The molecule has 3 nitrogen and oxygen atoms in total. The van der Waals surface area contributed by atoms with E-state index < -0.39 is 0 Å². The van der Waals surface area contributed by atoms with Gasteiger partial charge in [-0.3, -0.25) is 0 Å². The highest BCUT2D eigenvalue weighted by molar-refractivity contribution is 7.99. The minimum atomic E-state index is 0.387. The average molecular weight is 397 g/mol. The first-order valence-corrected chi connectivity index (χ1v) is 8.96. The van der Waals surface area contributed by atoms with Crippen molar-refractivity contribution in [3.8, 4) is 0 Å². The quantitative estimate of drug-likeness (QED) is 0.569. The number of aromatic nitrogens is 2. The molecule has 1 heterocycles. The molecule has 122 valence electrons. The summed E-state index contributed by atoms with van der Waals surface area (Å²) in [6.45, 7) is 0. The Bertz CT molecular complexity index is 849. The number of nitrogens with two attached hydrogens (primary N) is 1. The third kappa shape index (κ3) is 4.14. The van der Waals surface area contributed by atoms with Crippen LogP contribution >= 0.6 is 46.6 Å². The van der Waals surface area contributed by atoms with Crippen LogP contribution in [0.5, 0.6) is 0 Å². The molecule has 24 heavy (non-hydrogen) atoms. The Hall–Kier alpha value is -1.46. The van der Waals surface area contributed by atoms with Crippen LogP contribution < -0.4 is 5.73 Å². The van der Waals surface area contributed by atoms with E-state index in [1.807, 2.05) is 36.4 Å². The van der Waals surface area contributed by atoms with Gasteiger partial charge in [-0.05, 0) is 29.3 Å². The summed E-state index contributed by atoms with van der Waals surface area (Å²) in [5, 5.41) is 10.2.